The highest BCUT2D eigenvalue weighted by Gasteiger charge is 2.00. The summed E-state index contributed by atoms with van der Waals surface area (Å²) in [4.78, 5) is 4.60. The molecule has 0 saturated carbocycles. The minimum Gasteiger partial charge on any atom is -0.309 e. The van der Waals surface area contributed by atoms with Crippen molar-refractivity contribution in [3.63, 3.8) is 0 Å². The average molecular weight is 279 g/mol. The standard InChI is InChI=1S/C13H15BrN2/c1-9(2)15-8-12-5-3-10-7-11(14)4-6-13(10)16-12/h3-7,9,15H,8H2,1-2H3. The van der Waals surface area contributed by atoms with Crippen molar-refractivity contribution in [3.05, 3.63) is 40.5 Å². The molecule has 2 aromatic rings. The molecule has 2 nitrogen and oxygen atoms in total. The lowest BCUT2D eigenvalue weighted by atomic mass is 10.2. The highest BCUT2D eigenvalue weighted by Crippen LogP contribution is 2.18. The van der Waals surface area contributed by atoms with E-state index >= 15 is 0 Å². The first-order valence-electron chi connectivity index (χ1n) is 5.44. The highest BCUT2D eigenvalue weighted by atomic mass is 79.9. The van der Waals surface area contributed by atoms with Crippen LogP contribution in [0.3, 0.4) is 0 Å². The molecule has 0 aliphatic carbocycles. The van der Waals surface area contributed by atoms with Crippen LogP contribution >= 0.6 is 15.9 Å². The van der Waals surface area contributed by atoms with E-state index in [2.05, 4.69) is 58.3 Å². The molecule has 0 aliphatic heterocycles. The molecule has 2 rings (SSSR count). The van der Waals surface area contributed by atoms with Crippen LogP contribution in [0.4, 0.5) is 0 Å². The van der Waals surface area contributed by atoms with Crippen molar-refractivity contribution in [2.75, 3.05) is 0 Å². The number of hydrogen-bond donors (Lipinski definition) is 1. The van der Waals surface area contributed by atoms with Gasteiger partial charge < -0.3 is 5.32 Å². The Kier molecular flexibility index (Phi) is 3.56. The van der Waals surface area contributed by atoms with Crippen molar-refractivity contribution in [1.82, 2.24) is 10.3 Å². The van der Waals surface area contributed by atoms with E-state index in [1.807, 2.05) is 12.1 Å². The van der Waals surface area contributed by atoms with Gasteiger partial charge in [-0.3, -0.25) is 4.98 Å². The van der Waals surface area contributed by atoms with Crippen LogP contribution in [0, 0.1) is 0 Å². The first-order chi connectivity index (χ1) is 7.65. The van der Waals surface area contributed by atoms with E-state index < -0.39 is 0 Å². The molecule has 0 bridgehead atoms. The number of fused-ring (bicyclic) bond motifs is 1. The predicted molar refractivity (Wildman–Crippen MR) is 71.4 cm³/mol. The Balaban J connectivity index is 2.26. The smallest absolute Gasteiger partial charge is 0.0706 e. The number of hydrogen-bond acceptors (Lipinski definition) is 2. The number of rotatable bonds is 3. The predicted octanol–water partition coefficient (Wildman–Crippen LogP) is 3.50. The van der Waals surface area contributed by atoms with Gasteiger partial charge >= 0.3 is 0 Å². The number of pyridine rings is 1. The molecular formula is C13H15BrN2. The molecule has 1 heterocycles. The molecule has 16 heavy (non-hydrogen) atoms. The van der Waals surface area contributed by atoms with Gasteiger partial charge in [-0.2, -0.15) is 0 Å². The number of nitrogens with one attached hydrogen (secondary N) is 1. The summed E-state index contributed by atoms with van der Waals surface area (Å²) in [6.45, 7) is 5.10. The Morgan fingerprint density at radius 1 is 1.25 bits per heavy atom. The van der Waals surface area contributed by atoms with Gasteiger partial charge in [0.05, 0.1) is 11.2 Å². The lowest BCUT2D eigenvalue weighted by Crippen LogP contribution is -2.22. The maximum absolute atomic E-state index is 4.60. The second-order valence-electron chi connectivity index (χ2n) is 4.18. The first-order valence-corrected chi connectivity index (χ1v) is 6.23. The summed E-state index contributed by atoms with van der Waals surface area (Å²) in [6.07, 6.45) is 0. The molecule has 84 valence electrons. The molecule has 0 amide bonds. The van der Waals surface area contributed by atoms with Gasteiger partial charge in [0, 0.05) is 22.4 Å². The summed E-state index contributed by atoms with van der Waals surface area (Å²) in [7, 11) is 0. The number of halogens is 1. The number of benzene rings is 1. The fourth-order valence-electron chi connectivity index (χ4n) is 1.55. The van der Waals surface area contributed by atoms with Gasteiger partial charge in [0.2, 0.25) is 0 Å². The minimum atomic E-state index is 0.488. The van der Waals surface area contributed by atoms with Crippen LogP contribution in [0.15, 0.2) is 34.8 Å². The lowest BCUT2D eigenvalue weighted by Gasteiger charge is -2.08. The van der Waals surface area contributed by atoms with E-state index in [1.54, 1.807) is 0 Å². The van der Waals surface area contributed by atoms with E-state index in [0.717, 1.165) is 22.2 Å². The third-order valence-corrected chi connectivity index (χ3v) is 2.89. The molecule has 0 radical (unpaired) electrons. The minimum absolute atomic E-state index is 0.488. The molecule has 0 atom stereocenters. The normalized spacial score (nSPS) is 11.2. The highest BCUT2D eigenvalue weighted by molar-refractivity contribution is 9.10. The quantitative estimate of drug-likeness (QED) is 0.930. The second kappa shape index (κ2) is 4.93. The van der Waals surface area contributed by atoms with Gasteiger partial charge in [0.15, 0.2) is 0 Å². The van der Waals surface area contributed by atoms with Crippen LogP contribution in [0.25, 0.3) is 10.9 Å². The summed E-state index contributed by atoms with van der Waals surface area (Å²) in [5.41, 5.74) is 2.13. The maximum atomic E-state index is 4.60. The molecular weight excluding hydrogens is 264 g/mol. The zero-order chi connectivity index (χ0) is 11.5. The third-order valence-electron chi connectivity index (χ3n) is 2.40. The number of nitrogens with zero attached hydrogens (tertiary/aromatic N) is 1. The summed E-state index contributed by atoms with van der Waals surface area (Å²) in [5.74, 6) is 0. The molecule has 0 unspecified atom stereocenters. The van der Waals surface area contributed by atoms with Crippen LogP contribution in [-0.2, 0) is 6.54 Å². The Hall–Kier alpha value is -0.930. The van der Waals surface area contributed by atoms with Crippen molar-refractivity contribution < 1.29 is 0 Å². The van der Waals surface area contributed by atoms with Crippen molar-refractivity contribution >= 4 is 26.8 Å². The second-order valence-corrected chi connectivity index (χ2v) is 5.09. The van der Waals surface area contributed by atoms with Crippen LogP contribution in [0.5, 0.6) is 0 Å². The van der Waals surface area contributed by atoms with Crippen molar-refractivity contribution in [2.24, 2.45) is 0 Å². The van der Waals surface area contributed by atoms with Crippen molar-refractivity contribution in [2.45, 2.75) is 26.4 Å². The fraction of sp³-hybridized carbons (Fsp3) is 0.308. The number of aromatic nitrogens is 1. The Morgan fingerprint density at radius 3 is 2.81 bits per heavy atom. The molecule has 0 fully saturated rings. The van der Waals surface area contributed by atoms with E-state index in [-0.39, 0.29) is 0 Å². The van der Waals surface area contributed by atoms with E-state index in [9.17, 15) is 0 Å². The molecule has 1 N–H and O–H groups in total. The largest absolute Gasteiger partial charge is 0.309 e. The zero-order valence-electron chi connectivity index (χ0n) is 9.50. The van der Waals surface area contributed by atoms with E-state index in [4.69, 9.17) is 0 Å². The Labute approximate surface area is 104 Å². The lowest BCUT2D eigenvalue weighted by molar-refractivity contribution is 0.582. The molecule has 1 aromatic carbocycles. The summed E-state index contributed by atoms with van der Waals surface area (Å²) >= 11 is 3.46. The summed E-state index contributed by atoms with van der Waals surface area (Å²) in [6, 6.07) is 10.8. The third kappa shape index (κ3) is 2.80. The van der Waals surface area contributed by atoms with Gasteiger partial charge in [-0.05, 0) is 24.3 Å². The first kappa shape index (κ1) is 11.6. The van der Waals surface area contributed by atoms with Crippen LogP contribution < -0.4 is 5.32 Å². The van der Waals surface area contributed by atoms with E-state index in [0.29, 0.717) is 6.04 Å². The molecule has 0 saturated heterocycles. The molecule has 3 heteroatoms. The topological polar surface area (TPSA) is 24.9 Å². The summed E-state index contributed by atoms with van der Waals surface area (Å²) < 4.78 is 1.09. The monoisotopic (exact) mass is 278 g/mol. The van der Waals surface area contributed by atoms with Gasteiger partial charge in [-0.25, -0.2) is 0 Å². The van der Waals surface area contributed by atoms with Crippen LogP contribution in [0.1, 0.15) is 19.5 Å². The van der Waals surface area contributed by atoms with Gasteiger partial charge in [0.1, 0.15) is 0 Å². The molecule has 0 aliphatic rings. The summed E-state index contributed by atoms with van der Waals surface area (Å²) in [5, 5.41) is 4.54. The Bertz CT molecular complexity index is 494. The van der Waals surface area contributed by atoms with Gasteiger partial charge in [0.25, 0.3) is 0 Å². The molecule has 1 aromatic heterocycles. The molecule has 0 spiro atoms. The SMILES string of the molecule is CC(C)NCc1ccc2cc(Br)ccc2n1. The van der Waals surface area contributed by atoms with Crippen molar-refractivity contribution in [3.8, 4) is 0 Å². The maximum Gasteiger partial charge on any atom is 0.0706 e. The van der Waals surface area contributed by atoms with Gasteiger partial charge in [-0.15, -0.1) is 0 Å². The van der Waals surface area contributed by atoms with Gasteiger partial charge in [-0.1, -0.05) is 35.8 Å². The van der Waals surface area contributed by atoms with Crippen LogP contribution in [-0.4, -0.2) is 11.0 Å². The van der Waals surface area contributed by atoms with Crippen LogP contribution in [0.2, 0.25) is 0 Å². The average Bonchev–Trinajstić information content (AvgIpc) is 2.26. The Morgan fingerprint density at radius 2 is 2.06 bits per heavy atom. The van der Waals surface area contributed by atoms with Crippen molar-refractivity contribution in [1.29, 1.82) is 0 Å². The zero-order valence-corrected chi connectivity index (χ0v) is 11.1. The fourth-order valence-corrected chi connectivity index (χ4v) is 1.92. The van der Waals surface area contributed by atoms with E-state index in [1.165, 1.54) is 5.39 Å².